The molecule has 0 saturated carbocycles. The highest BCUT2D eigenvalue weighted by molar-refractivity contribution is 4.88. The SMILES string of the molecule is C=C(N)C(O)ON. The number of hydrogen-bond acceptors (Lipinski definition) is 4. The van der Waals surface area contributed by atoms with Crippen LogP contribution in [0.25, 0.3) is 0 Å². The van der Waals surface area contributed by atoms with Gasteiger partial charge in [0.1, 0.15) is 0 Å². The molecule has 4 heteroatoms. The van der Waals surface area contributed by atoms with Gasteiger partial charge in [0.25, 0.3) is 0 Å². The lowest BCUT2D eigenvalue weighted by molar-refractivity contribution is -0.0749. The zero-order valence-corrected chi connectivity index (χ0v) is 3.79. The molecular weight excluding hydrogens is 96.0 g/mol. The normalized spacial score (nSPS) is 13.4. The molecule has 0 spiro atoms. The Bertz CT molecular complexity index is 73.3. The van der Waals surface area contributed by atoms with E-state index in [1.807, 2.05) is 0 Å². The van der Waals surface area contributed by atoms with E-state index >= 15 is 0 Å². The van der Waals surface area contributed by atoms with E-state index in [2.05, 4.69) is 17.3 Å². The molecule has 7 heavy (non-hydrogen) atoms. The van der Waals surface area contributed by atoms with E-state index in [1.54, 1.807) is 0 Å². The molecule has 0 aromatic rings. The zero-order chi connectivity index (χ0) is 5.86. The highest BCUT2D eigenvalue weighted by Crippen LogP contribution is 1.85. The number of nitrogens with two attached hydrogens (primary N) is 2. The van der Waals surface area contributed by atoms with Gasteiger partial charge in [-0.15, -0.1) is 0 Å². The van der Waals surface area contributed by atoms with Crippen molar-refractivity contribution in [2.24, 2.45) is 11.6 Å². The number of aliphatic hydroxyl groups excluding tert-OH is 1. The highest BCUT2D eigenvalue weighted by atomic mass is 16.7. The lowest BCUT2D eigenvalue weighted by Crippen LogP contribution is -2.22. The second kappa shape index (κ2) is 2.57. The van der Waals surface area contributed by atoms with Crippen molar-refractivity contribution >= 4 is 0 Å². The molecule has 0 heterocycles. The van der Waals surface area contributed by atoms with Gasteiger partial charge in [-0.3, -0.25) is 4.84 Å². The summed E-state index contributed by atoms with van der Waals surface area (Å²) in [6.07, 6.45) is -1.24. The fourth-order valence-corrected chi connectivity index (χ4v) is 0.0874. The van der Waals surface area contributed by atoms with E-state index in [-0.39, 0.29) is 5.70 Å². The van der Waals surface area contributed by atoms with Crippen LogP contribution in [0.15, 0.2) is 12.3 Å². The number of hydrogen-bond donors (Lipinski definition) is 3. The van der Waals surface area contributed by atoms with Crippen molar-refractivity contribution in [2.45, 2.75) is 6.29 Å². The smallest absolute Gasteiger partial charge is 0.214 e. The molecule has 1 unspecified atom stereocenters. The lowest BCUT2D eigenvalue weighted by atomic mass is 10.5. The molecule has 1 atom stereocenters. The van der Waals surface area contributed by atoms with E-state index in [0.29, 0.717) is 0 Å². The van der Waals surface area contributed by atoms with Gasteiger partial charge in [0.15, 0.2) is 0 Å². The second-order valence-electron chi connectivity index (χ2n) is 1.06. The second-order valence-corrected chi connectivity index (χ2v) is 1.06. The maximum absolute atomic E-state index is 8.36. The number of aliphatic hydroxyl groups is 1. The summed E-state index contributed by atoms with van der Waals surface area (Å²) in [6.45, 7) is 3.15. The van der Waals surface area contributed by atoms with Crippen LogP contribution in [0.1, 0.15) is 0 Å². The van der Waals surface area contributed by atoms with E-state index < -0.39 is 6.29 Å². The van der Waals surface area contributed by atoms with Crippen molar-refractivity contribution in [3.05, 3.63) is 12.3 Å². The molecule has 0 aromatic carbocycles. The third kappa shape index (κ3) is 2.16. The van der Waals surface area contributed by atoms with Crippen LogP contribution in [0.5, 0.6) is 0 Å². The van der Waals surface area contributed by atoms with Gasteiger partial charge in [-0.2, -0.15) is 0 Å². The average molecular weight is 104 g/mol. The van der Waals surface area contributed by atoms with Crippen molar-refractivity contribution in [3.8, 4) is 0 Å². The molecule has 42 valence electrons. The predicted octanol–water partition coefficient (Wildman–Crippen LogP) is -1.33. The van der Waals surface area contributed by atoms with Crippen molar-refractivity contribution in [2.75, 3.05) is 0 Å². The zero-order valence-electron chi connectivity index (χ0n) is 3.79. The van der Waals surface area contributed by atoms with Crippen molar-refractivity contribution in [3.63, 3.8) is 0 Å². The molecular formula is C3H8N2O2. The molecule has 0 saturated heterocycles. The van der Waals surface area contributed by atoms with Gasteiger partial charge < -0.3 is 10.8 Å². The van der Waals surface area contributed by atoms with Gasteiger partial charge >= 0.3 is 0 Å². The molecule has 0 bridgehead atoms. The minimum atomic E-state index is -1.24. The average Bonchev–Trinajstić information content (AvgIpc) is 1.65. The monoisotopic (exact) mass is 104 g/mol. The fraction of sp³-hybridized carbons (Fsp3) is 0.333. The van der Waals surface area contributed by atoms with Gasteiger partial charge in [-0.05, 0) is 0 Å². The van der Waals surface area contributed by atoms with Crippen LogP contribution >= 0.6 is 0 Å². The van der Waals surface area contributed by atoms with E-state index in [0.717, 1.165) is 0 Å². The van der Waals surface area contributed by atoms with Crippen molar-refractivity contribution in [1.29, 1.82) is 0 Å². The first-order chi connectivity index (χ1) is 3.18. The Morgan fingerprint density at radius 1 is 1.86 bits per heavy atom. The van der Waals surface area contributed by atoms with E-state index in [9.17, 15) is 0 Å². The molecule has 0 aromatic heterocycles. The lowest BCUT2D eigenvalue weighted by Gasteiger charge is -2.03. The molecule has 0 rings (SSSR count). The summed E-state index contributed by atoms with van der Waals surface area (Å²) in [4.78, 5) is 3.84. The van der Waals surface area contributed by atoms with Gasteiger partial charge in [0.2, 0.25) is 6.29 Å². The van der Waals surface area contributed by atoms with Crippen LogP contribution in [0.2, 0.25) is 0 Å². The predicted molar refractivity (Wildman–Crippen MR) is 24.6 cm³/mol. The summed E-state index contributed by atoms with van der Waals surface area (Å²) in [5.74, 6) is 4.48. The third-order valence-corrected chi connectivity index (χ3v) is 0.446. The first-order valence-corrected chi connectivity index (χ1v) is 1.66. The topological polar surface area (TPSA) is 81.5 Å². The van der Waals surface area contributed by atoms with E-state index in [4.69, 9.17) is 10.8 Å². The first-order valence-electron chi connectivity index (χ1n) is 1.66. The molecule has 0 aliphatic heterocycles. The summed E-state index contributed by atoms with van der Waals surface area (Å²) in [6, 6.07) is 0. The quantitative estimate of drug-likeness (QED) is 0.299. The highest BCUT2D eigenvalue weighted by Gasteiger charge is 1.99. The Kier molecular flexibility index (Phi) is 2.36. The standard InChI is InChI=1S/C3H8N2O2/c1-2(4)3(6)7-5/h3,6H,1,4-5H2. The van der Waals surface area contributed by atoms with Crippen LogP contribution in [0.4, 0.5) is 0 Å². The molecule has 0 amide bonds. The molecule has 0 radical (unpaired) electrons. The van der Waals surface area contributed by atoms with E-state index in [1.165, 1.54) is 0 Å². The molecule has 5 N–H and O–H groups in total. The summed E-state index contributed by atoms with van der Waals surface area (Å²) >= 11 is 0. The van der Waals surface area contributed by atoms with Crippen LogP contribution in [-0.4, -0.2) is 11.4 Å². The Balaban J connectivity index is 3.34. The minimum absolute atomic E-state index is 0.00231. The largest absolute Gasteiger partial charge is 0.398 e. The Morgan fingerprint density at radius 2 is 2.29 bits per heavy atom. The van der Waals surface area contributed by atoms with Gasteiger partial charge in [-0.25, -0.2) is 5.90 Å². The summed E-state index contributed by atoms with van der Waals surface area (Å²) < 4.78 is 0. The van der Waals surface area contributed by atoms with Crippen molar-refractivity contribution in [1.82, 2.24) is 0 Å². The third-order valence-electron chi connectivity index (χ3n) is 0.446. The van der Waals surface area contributed by atoms with Crippen LogP contribution < -0.4 is 11.6 Å². The summed E-state index contributed by atoms with van der Waals surface area (Å²) in [5, 5.41) is 8.36. The van der Waals surface area contributed by atoms with Crippen LogP contribution in [0.3, 0.4) is 0 Å². The Hall–Kier alpha value is -0.580. The maximum atomic E-state index is 8.36. The molecule has 4 nitrogen and oxygen atoms in total. The molecule has 0 aliphatic rings. The van der Waals surface area contributed by atoms with Gasteiger partial charge in [0.05, 0.1) is 5.70 Å². The molecule has 0 aliphatic carbocycles. The van der Waals surface area contributed by atoms with Gasteiger partial charge in [-0.1, -0.05) is 6.58 Å². The molecule has 0 fully saturated rings. The Labute approximate surface area is 41.3 Å². The Morgan fingerprint density at radius 3 is 2.29 bits per heavy atom. The van der Waals surface area contributed by atoms with Crippen LogP contribution in [0, 0.1) is 0 Å². The van der Waals surface area contributed by atoms with Crippen LogP contribution in [-0.2, 0) is 4.84 Å². The maximum Gasteiger partial charge on any atom is 0.214 e. The summed E-state index contributed by atoms with van der Waals surface area (Å²) in [5.41, 5.74) is 4.90. The van der Waals surface area contributed by atoms with Gasteiger partial charge in [0, 0.05) is 0 Å². The minimum Gasteiger partial charge on any atom is -0.398 e. The van der Waals surface area contributed by atoms with Crippen molar-refractivity contribution < 1.29 is 9.94 Å². The number of rotatable bonds is 2. The first kappa shape index (κ1) is 6.42. The summed E-state index contributed by atoms with van der Waals surface area (Å²) in [7, 11) is 0. The fourth-order valence-electron chi connectivity index (χ4n) is 0.0874.